The van der Waals surface area contributed by atoms with Crippen molar-refractivity contribution in [1.82, 2.24) is 10.2 Å². The van der Waals surface area contributed by atoms with Crippen LogP contribution in [0.2, 0.25) is 0 Å². The molecule has 1 aliphatic rings. The highest BCUT2D eigenvalue weighted by atomic mass is 35.5. The first kappa shape index (κ1) is 22.5. The zero-order valence-corrected chi connectivity index (χ0v) is 15.2. The minimum absolute atomic E-state index is 0. The zero-order valence-electron chi connectivity index (χ0n) is 13.6. The van der Waals surface area contributed by atoms with Crippen molar-refractivity contribution >= 4 is 24.8 Å². The summed E-state index contributed by atoms with van der Waals surface area (Å²) < 4.78 is 38.8. The summed E-state index contributed by atoms with van der Waals surface area (Å²) in [7, 11) is 0. The molecule has 0 saturated carbocycles. The second-order valence-corrected chi connectivity index (χ2v) is 6.68. The number of nitrogens with one attached hydrogen (secondary N) is 1. The predicted molar refractivity (Wildman–Crippen MR) is 92.6 cm³/mol. The average Bonchev–Trinajstić information content (AvgIpc) is 2.38. The van der Waals surface area contributed by atoms with Gasteiger partial charge in [0, 0.05) is 32.2 Å². The van der Waals surface area contributed by atoms with Crippen LogP contribution in [0.4, 0.5) is 13.2 Å². The molecule has 0 unspecified atom stereocenters. The minimum atomic E-state index is -4.29. The van der Waals surface area contributed by atoms with E-state index in [0.717, 1.165) is 37.8 Å². The standard InChI is InChI=1S/C16H23F3N2.2ClH/c1-15(2,3)14(21-9-7-20-8-10-21)12-5-4-6-13(11-12)16(17,18)19;;/h4-6,11,14,20H,7-10H2,1-3H3;2*1H/t14-;;/m1../s1. The molecule has 1 saturated heterocycles. The van der Waals surface area contributed by atoms with Crippen molar-refractivity contribution in [3.63, 3.8) is 0 Å². The van der Waals surface area contributed by atoms with Crippen LogP contribution in [0.25, 0.3) is 0 Å². The smallest absolute Gasteiger partial charge is 0.314 e. The lowest BCUT2D eigenvalue weighted by Crippen LogP contribution is -2.48. The molecule has 1 aliphatic heterocycles. The van der Waals surface area contributed by atoms with Gasteiger partial charge in [0.15, 0.2) is 0 Å². The van der Waals surface area contributed by atoms with Crippen LogP contribution >= 0.6 is 24.8 Å². The Balaban J connectivity index is 0.00000242. The molecule has 1 aromatic rings. The van der Waals surface area contributed by atoms with Crippen LogP contribution in [0.5, 0.6) is 0 Å². The van der Waals surface area contributed by atoms with Gasteiger partial charge in [0.2, 0.25) is 0 Å². The van der Waals surface area contributed by atoms with Crippen LogP contribution in [0, 0.1) is 5.41 Å². The lowest BCUT2D eigenvalue weighted by molar-refractivity contribution is -0.137. The van der Waals surface area contributed by atoms with Gasteiger partial charge in [0.25, 0.3) is 0 Å². The van der Waals surface area contributed by atoms with Gasteiger partial charge in [-0.1, -0.05) is 32.9 Å². The summed E-state index contributed by atoms with van der Waals surface area (Å²) >= 11 is 0. The van der Waals surface area contributed by atoms with Crippen molar-refractivity contribution in [2.45, 2.75) is 33.0 Å². The number of benzene rings is 1. The Kier molecular flexibility index (Phi) is 8.38. The van der Waals surface area contributed by atoms with Crippen molar-refractivity contribution in [2.24, 2.45) is 5.41 Å². The van der Waals surface area contributed by atoms with Crippen molar-refractivity contribution in [2.75, 3.05) is 26.2 Å². The highest BCUT2D eigenvalue weighted by molar-refractivity contribution is 5.85. The third-order valence-corrected chi connectivity index (χ3v) is 3.87. The summed E-state index contributed by atoms with van der Waals surface area (Å²) in [6, 6.07) is 5.76. The van der Waals surface area contributed by atoms with Crippen LogP contribution in [0.3, 0.4) is 0 Å². The van der Waals surface area contributed by atoms with E-state index < -0.39 is 11.7 Å². The molecule has 0 bridgehead atoms. The van der Waals surface area contributed by atoms with E-state index in [1.165, 1.54) is 12.1 Å². The topological polar surface area (TPSA) is 15.3 Å². The molecule has 2 nitrogen and oxygen atoms in total. The van der Waals surface area contributed by atoms with Crippen LogP contribution < -0.4 is 5.32 Å². The third-order valence-electron chi connectivity index (χ3n) is 3.87. The van der Waals surface area contributed by atoms with Crippen LogP contribution in [-0.2, 0) is 6.18 Å². The maximum absolute atomic E-state index is 12.9. The van der Waals surface area contributed by atoms with Crippen molar-refractivity contribution in [3.8, 4) is 0 Å². The van der Waals surface area contributed by atoms with E-state index >= 15 is 0 Å². The Bertz CT molecular complexity index is 481. The molecule has 1 atom stereocenters. The van der Waals surface area contributed by atoms with E-state index in [0.29, 0.717) is 0 Å². The van der Waals surface area contributed by atoms with Crippen molar-refractivity contribution in [1.29, 1.82) is 0 Å². The molecule has 2 rings (SSSR count). The van der Waals surface area contributed by atoms with Crippen LogP contribution in [-0.4, -0.2) is 31.1 Å². The Hall–Kier alpha value is -0.490. The molecule has 1 N–H and O–H groups in total. The third kappa shape index (κ3) is 5.82. The van der Waals surface area contributed by atoms with Gasteiger partial charge in [0.05, 0.1) is 5.56 Å². The second-order valence-electron chi connectivity index (χ2n) is 6.68. The molecule has 0 radical (unpaired) electrons. The number of piperazine rings is 1. The SMILES string of the molecule is CC(C)(C)[C@@H](c1cccc(C(F)(F)F)c1)N1CCNCC1.Cl.Cl. The fourth-order valence-corrected chi connectivity index (χ4v) is 3.08. The van der Waals surface area contributed by atoms with E-state index in [9.17, 15) is 13.2 Å². The molecular formula is C16H25Cl2F3N2. The first-order valence-electron chi connectivity index (χ1n) is 7.31. The predicted octanol–water partition coefficient (Wildman–Crippen LogP) is 4.54. The fraction of sp³-hybridized carbons (Fsp3) is 0.625. The van der Waals surface area contributed by atoms with Crippen molar-refractivity contribution in [3.05, 3.63) is 35.4 Å². The number of nitrogens with zero attached hydrogens (tertiary/aromatic N) is 1. The van der Waals surface area contributed by atoms with Gasteiger partial charge in [0.1, 0.15) is 0 Å². The summed E-state index contributed by atoms with van der Waals surface area (Å²) in [5, 5.41) is 3.29. The maximum atomic E-state index is 12.9. The molecule has 134 valence electrons. The lowest BCUT2D eigenvalue weighted by Gasteiger charge is -2.42. The first-order valence-corrected chi connectivity index (χ1v) is 7.31. The molecule has 1 aromatic carbocycles. The minimum Gasteiger partial charge on any atom is -0.314 e. The zero-order chi connectivity index (χ0) is 15.7. The maximum Gasteiger partial charge on any atom is 0.416 e. The molecule has 1 heterocycles. The fourth-order valence-electron chi connectivity index (χ4n) is 3.08. The summed E-state index contributed by atoms with van der Waals surface area (Å²) in [5.74, 6) is 0. The first-order chi connectivity index (χ1) is 9.69. The molecule has 0 aromatic heterocycles. The molecule has 23 heavy (non-hydrogen) atoms. The van der Waals surface area contributed by atoms with E-state index in [2.05, 4.69) is 31.0 Å². The van der Waals surface area contributed by atoms with Crippen LogP contribution in [0.15, 0.2) is 24.3 Å². The molecular weight excluding hydrogens is 348 g/mol. The summed E-state index contributed by atoms with van der Waals surface area (Å²) in [5.41, 5.74) is 0.0604. The van der Waals surface area contributed by atoms with Crippen LogP contribution in [0.1, 0.15) is 37.9 Å². The van der Waals surface area contributed by atoms with Gasteiger partial charge in [-0.2, -0.15) is 13.2 Å². The second kappa shape index (κ2) is 8.56. The number of alkyl halides is 3. The van der Waals surface area contributed by atoms with E-state index in [-0.39, 0.29) is 36.3 Å². The largest absolute Gasteiger partial charge is 0.416 e. The Morgan fingerprint density at radius 2 is 1.61 bits per heavy atom. The molecule has 7 heteroatoms. The average molecular weight is 373 g/mol. The van der Waals surface area contributed by atoms with Gasteiger partial charge < -0.3 is 5.32 Å². The number of hydrogen-bond acceptors (Lipinski definition) is 2. The number of hydrogen-bond donors (Lipinski definition) is 1. The van der Waals surface area contributed by atoms with Gasteiger partial charge in [-0.3, -0.25) is 4.90 Å². The monoisotopic (exact) mass is 372 g/mol. The van der Waals surface area contributed by atoms with E-state index in [1.54, 1.807) is 0 Å². The summed E-state index contributed by atoms with van der Waals surface area (Å²) in [4.78, 5) is 2.28. The normalized spacial score (nSPS) is 17.8. The van der Waals surface area contributed by atoms with Gasteiger partial charge in [-0.15, -0.1) is 24.8 Å². The number of halogens is 5. The van der Waals surface area contributed by atoms with Gasteiger partial charge >= 0.3 is 6.18 Å². The number of rotatable bonds is 2. The molecule has 0 aliphatic carbocycles. The summed E-state index contributed by atoms with van der Waals surface area (Å²) in [6.45, 7) is 9.73. The summed E-state index contributed by atoms with van der Waals surface area (Å²) in [6.07, 6.45) is -4.29. The van der Waals surface area contributed by atoms with Gasteiger partial charge in [-0.25, -0.2) is 0 Å². The quantitative estimate of drug-likeness (QED) is 0.819. The van der Waals surface area contributed by atoms with Crippen molar-refractivity contribution < 1.29 is 13.2 Å². The Morgan fingerprint density at radius 3 is 2.09 bits per heavy atom. The Labute approximate surface area is 148 Å². The molecule has 0 spiro atoms. The molecule has 0 amide bonds. The van der Waals surface area contributed by atoms with Gasteiger partial charge in [-0.05, 0) is 23.1 Å². The lowest BCUT2D eigenvalue weighted by atomic mass is 9.80. The highest BCUT2D eigenvalue weighted by Gasteiger charge is 2.35. The highest BCUT2D eigenvalue weighted by Crippen LogP contribution is 2.40. The Morgan fingerprint density at radius 1 is 1.04 bits per heavy atom. The van der Waals surface area contributed by atoms with E-state index in [1.807, 2.05) is 6.07 Å². The van der Waals surface area contributed by atoms with E-state index in [4.69, 9.17) is 0 Å². The molecule has 1 fully saturated rings.